The Morgan fingerprint density at radius 1 is 0.542 bits per heavy atom. The molecule has 0 rings (SSSR count). The van der Waals surface area contributed by atoms with Gasteiger partial charge in [0.1, 0.15) is 23.1 Å². The van der Waals surface area contributed by atoms with Gasteiger partial charge in [0.25, 0.3) is 0 Å². The van der Waals surface area contributed by atoms with Crippen LogP contribution in [0.25, 0.3) is 0 Å². The summed E-state index contributed by atoms with van der Waals surface area (Å²) in [5.74, 6) is 0.998. The van der Waals surface area contributed by atoms with Crippen LogP contribution < -0.4 is 0 Å². The molecule has 0 aliphatic carbocycles. The van der Waals surface area contributed by atoms with E-state index < -0.39 is 0 Å². The molecule has 24 heavy (non-hydrogen) atoms. The third kappa shape index (κ3) is 21.1. The van der Waals surface area contributed by atoms with E-state index in [2.05, 4.69) is 77.0 Å². The van der Waals surface area contributed by atoms with Crippen molar-refractivity contribution in [2.24, 2.45) is 0 Å². The lowest BCUT2D eigenvalue weighted by Crippen LogP contribution is -2.01. The van der Waals surface area contributed by atoms with Gasteiger partial charge in [0, 0.05) is 25.7 Å². The predicted molar refractivity (Wildman–Crippen MR) is 122 cm³/mol. The van der Waals surface area contributed by atoms with Crippen LogP contribution in [-0.2, 0) is 19.2 Å². The molecule has 0 radical (unpaired) electrons. The highest BCUT2D eigenvalue weighted by molar-refractivity contribution is 14.1. The van der Waals surface area contributed by atoms with Crippen LogP contribution in [0.2, 0.25) is 0 Å². The van der Waals surface area contributed by atoms with Gasteiger partial charge in [0.2, 0.25) is 0 Å². The fraction of sp³-hybridized carbons (Fsp3) is 0.750. The second-order valence-corrected chi connectivity index (χ2v) is 7.75. The predicted octanol–water partition coefficient (Wildman–Crippen LogP) is 5.03. The van der Waals surface area contributed by atoms with Gasteiger partial charge in [-0.3, -0.25) is 19.2 Å². The molecule has 0 unspecified atom stereocenters. The number of carbonyl (C=O) groups excluding carboxylic acids is 4. The number of ketones is 4. The highest BCUT2D eigenvalue weighted by atomic mass is 127. The Kier molecular flexibility index (Phi) is 23.2. The standard InChI is InChI=1S/C8H12Br2O2.C8H12I2O2/c2*9-5-7(11)3-1-2-4-8(12)6-10/h2*1-6H2. The van der Waals surface area contributed by atoms with E-state index in [9.17, 15) is 19.2 Å². The molecule has 0 aromatic carbocycles. The first-order valence-electron chi connectivity index (χ1n) is 7.71. The summed E-state index contributed by atoms with van der Waals surface area (Å²) >= 11 is 10.3. The number of carbonyl (C=O) groups is 4. The number of halogens is 4. The Balaban J connectivity index is 0. The van der Waals surface area contributed by atoms with Crippen molar-refractivity contribution in [3.8, 4) is 0 Å². The molecule has 8 heteroatoms. The molecule has 0 aromatic rings. The van der Waals surface area contributed by atoms with Gasteiger partial charge in [-0.25, -0.2) is 0 Å². The van der Waals surface area contributed by atoms with Crippen LogP contribution >= 0.6 is 77.0 Å². The van der Waals surface area contributed by atoms with Gasteiger partial charge in [0.15, 0.2) is 0 Å². The summed E-state index contributed by atoms with van der Waals surface area (Å²) in [4.78, 5) is 43.2. The molecule has 140 valence electrons. The average molecular weight is 694 g/mol. The van der Waals surface area contributed by atoms with Crippen molar-refractivity contribution in [3.63, 3.8) is 0 Å². The topological polar surface area (TPSA) is 68.3 Å². The zero-order valence-corrected chi connectivity index (χ0v) is 21.1. The number of hydrogen-bond acceptors (Lipinski definition) is 4. The molecular weight excluding hydrogens is 670 g/mol. The molecule has 4 nitrogen and oxygen atoms in total. The van der Waals surface area contributed by atoms with Crippen molar-refractivity contribution >= 4 is 100 Å². The quantitative estimate of drug-likeness (QED) is 0.146. The first-order chi connectivity index (χ1) is 11.4. The van der Waals surface area contributed by atoms with Crippen LogP contribution in [0, 0.1) is 0 Å². The number of unbranched alkanes of at least 4 members (excludes halogenated alkanes) is 2. The van der Waals surface area contributed by atoms with Crippen LogP contribution in [-0.4, -0.2) is 42.6 Å². The number of alkyl halides is 4. The maximum absolute atomic E-state index is 10.8. The molecule has 0 saturated carbocycles. The van der Waals surface area contributed by atoms with E-state index in [1.165, 1.54) is 0 Å². The lowest BCUT2D eigenvalue weighted by molar-refractivity contribution is -0.118. The fourth-order valence-electron chi connectivity index (χ4n) is 1.56. The molecule has 0 spiro atoms. The molecule has 0 fully saturated rings. The second kappa shape index (κ2) is 20.4. The van der Waals surface area contributed by atoms with E-state index in [1.807, 2.05) is 0 Å². The molecule has 0 atom stereocenters. The first kappa shape index (κ1) is 27.3. The summed E-state index contributed by atoms with van der Waals surface area (Å²) < 4.78 is 1.19. The van der Waals surface area contributed by atoms with Crippen LogP contribution in [0.1, 0.15) is 51.4 Å². The second-order valence-electron chi connectivity index (χ2n) is 5.10. The van der Waals surface area contributed by atoms with Gasteiger partial charge in [-0.05, 0) is 25.7 Å². The summed E-state index contributed by atoms with van der Waals surface area (Å²) in [7, 11) is 0. The van der Waals surface area contributed by atoms with Crippen LogP contribution in [0.5, 0.6) is 0 Å². The van der Waals surface area contributed by atoms with E-state index in [1.54, 1.807) is 0 Å². The summed E-state index contributed by atoms with van der Waals surface area (Å²) in [6.45, 7) is 0. The monoisotopic (exact) mass is 692 g/mol. The molecular formula is C16H24Br2I2O4. The lowest BCUT2D eigenvalue weighted by Gasteiger charge is -1.96. The van der Waals surface area contributed by atoms with Crippen molar-refractivity contribution in [1.82, 2.24) is 0 Å². The van der Waals surface area contributed by atoms with Crippen molar-refractivity contribution in [3.05, 3.63) is 0 Å². The normalized spacial score (nSPS) is 9.83. The van der Waals surface area contributed by atoms with Gasteiger partial charge in [0.05, 0.1) is 19.5 Å². The van der Waals surface area contributed by atoms with Crippen LogP contribution in [0.15, 0.2) is 0 Å². The van der Waals surface area contributed by atoms with Gasteiger partial charge in [-0.1, -0.05) is 77.0 Å². The Bertz CT molecular complexity index is 318. The molecule has 0 aliphatic rings. The van der Waals surface area contributed by atoms with Crippen LogP contribution in [0.4, 0.5) is 0 Å². The molecule has 0 aliphatic heterocycles. The molecule has 0 N–H and O–H groups in total. The largest absolute Gasteiger partial charge is 0.299 e. The van der Waals surface area contributed by atoms with Crippen molar-refractivity contribution in [2.75, 3.05) is 19.5 Å². The molecule has 0 aromatic heterocycles. The zero-order valence-electron chi connectivity index (χ0n) is 13.6. The summed E-state index contributed by atoms with van der Waals surface area (Å²) in [6, 6.07) is 0. The van der Waals surface area contributed by atoms with E-state index in [0.717, 1.165) is 25.7 Å². The first-order valence-corrected chi connectivity index (χ1v) is 13.0. The summed E-state index contributed by atoms with van der Waals surface area (Å²) in [5.41, 5.74) is 0. The van der Waals surface area contributed by atoms with Crippen LogP contribution in [0.3, 0.4) is 0 Å². The average Bonchev–Trinajstić information content (AvgIpc) is 2.61. The minimum Gasteiger partial charge on any atom is -0.299 e. The van der Waals surface area contributed by atoms with E-state index >= 15 is 0 Å². The third-order valence-corrected chi connectivity index (χ3v) is 5.87. The van der Waals surface area contributed by atoms with Crippen molar-refractivity contribution < 1.29 is 19.2 Å². The smallest absolute Gasteiger partial charge is 0.143 e. The molecule has 0 saturated heterocycles. The highest BCUT2D eigenvalue weighted by Crippen LogP contribution is 2.04. The molecule has 0 heterocycles. The highest BCUT2D eigenvalue weighted by Gasteiger charge is 2.02. The van der Waals surface area contributed by atoms with Gasteiger partial charge < -0.3 is 0 Å². The van der Waals surface area contributed by atoms with E-state index in [0.29, 0.717) is 45.2 Å². The fourth-order valence-corrected chi connectivity index (χ4v) is 2.88. The Hall–Kier alpha value is 1.10. The maximum Gasteiger partial charge on any atom is 0.143 e. The van der Waals surface area contributed by atoms with Crippen molar-refractivity contribution in [1.29, 1.82) is 0 Å². The summed E-state index contributed by atoms with van der Waals surface area (Å²) in [5, 5.41) is 0.860. The number of Topliss-reactive ketones (excluding diaryl/α,β-unsaturated/α-hetero) is 4. The molecule has 0 bridgehead atoms. The minimum absolute atomic E-state index is 0.210. The van der Waals surface area contributed by atoms with Gasteiger partial charge in [-0.15, -0.1) is 0 Å². The Morgan fingerprint density at radius 3 is 1.00 bits per heavy atom. The van der Waals surface area contributed by atoms with Crippen molar-refractivity contribution in [2.45, 2.75) is 51.4 Å². The third-order valence-electron chi connectivity index (χ3n) is 2.92. The zero-order chi connectivity index (χ0) is 18.8. The number of rotatable bonds is 14. The summed E-state index contributed by atoms with van der Waals surface area (Å²) in [6.07, 6.45) is 5.82. The Morgan fingerprint density at radius 2 is 0.792 bits per heavy atom. The number of hydrogen-bond donors (Lipinski definition) is 0. The van der Waals surface area contributed by atoms with Gasteiger partial charge in [-0.2, -0.15) is 0 Å². The van der Waals surface area contributed by atoms with E-state index in [4.69, 9.17) is 0 Å². The minimum atomic E-state index is 0.210. The van der Waals surface area contributed by atoms with E-state index in [-0.39, 0.29) is 23.1 Å². The lowest BCUT2D eigenvalue weighted by atomic mass is 10.1. The molecule has 0 amide bonds. The maximum atomic E-state index is 10.8. The Labute approximate surface area is 188 Å². The van der Waals surface area contributed by atoms with Gasteiger partial charge >= 0.3 is 0 Å². The SMILES string of the molecule is O=C(CBr)CCCCC(=O)CBr.O=C(CI)CCCCC(=O)CI.